The molecule has 0 aromatic carbocycles. The number of likely N-dealkylation sites (N-methyl/N-ethyl adjacent to an activating group) is 1. The molecule has 3 saturated heterocycles. The van der Waals surface area contributed by atoms with Gasteiger partial charge in [-0.25, -0.2) is 10.9 Å². The van der Waals surface area contributed by atoms with Gasteiger partial charge in [-0.05, 0) is 77.4 Å². The number of ether oxygens (including phenoxy) is 1. The highest BCUT2D eigenvalue weighted by atomic mass is 16.5. The molecule has 2 aliphatic carbocycles. The third-order valence-corrected chi connectivity index (χ3v) is 9.16. The number of fused-ring (bicyclic) bond motifs is 1. The van der Waals surface area contributed by atoms with Gasteiger partial charge in [0.05, 0.1) is 18.4 Å². The lowest BCUT2D eigenvalue weighted by Crippen LogP contribution is -2.53. The molecule has 5 N–H and O–H groups in total. The first-order valence-electron chi connectivity index (χ1n) is 13.8. The summed E-state index contributed by atoms with van der Waals surface area (Å²) in [6.45, 7) is 3.96. The molecule has 3 heterocycles. The Hall–Kier alpha value is -0.770. The monoisotopic (exact) mass is 462 g/mol. The normalized spacial score (nSPS) is 40.9. The van der Waals surface area contributed by atoms with Gasteiger partial charge in [0.1, 0.15) is 0 Å². The number of carbonyl (C=O) groups is 1. The number of nitrogens with one attached hydrogen (secondary N) is 5. The van der Waals surface area contributed by atoms with E-state index in [0.29, 0.717) is 48.3 Å². The average molecular weight is 463 g/mol. The number of carbonyl (C=O) groups excluding carboxylic acids is 1. The number of nitrogens with zero attached hydrogens (tertiary/aromatic N) is 1. The van der Waals surface area contributed by atoms with Crippen molar-refractivity contribution in [3.05, 3.63) is 0 Å². The topological polar surface area (TPSA) is 89.7 Å². The van der Waals surface area contributed by atoms with Crippen LogP contribution >= 0.6 is 0 Å². The molecular weight excluding hydrogens is 416 g/mol. The van der Waals surface area contributed by atoms with E-state index in [4.69, 9.17) is 4.74 Å². The Balaban J connectivity index is 1.07. The van der Waals surface area contributed by atoms with Gasteiger partial charge in [-0.15, -0.1) is 0 Å². The van der Waals surface area contributed by atoms with E-state index in [1.807, 2.05) is 0 Å². The van der Waals surface area contributed by atoms with E-state index in [1.54, 1.807) is 0 Å². The lowest BCUT2D eigenvalue weighted by atomic mass is 9.78. The lowest BCUT2D eigenvalue weighted by molar-refractivity contribution is -0.130. The van der Waals surface area contributed by atoms with Crippen molar-refractivity contribution in [1.82, 2.24) is 31.7 Å². The van der Waals surface area contributed by atoms with Crippen LogP contribution in [0.2, 0.25) is 0 Å². The van der Waals surface area contributed by atoms with Crippen LogP contribution < -0.4 is 26.8 Å². The maximum atomic E-state index is 13.2. The van der Waals surface area contributed by atoms with Gasteiger partial charge in [-0.3, -0.25) is 9.69 Å². The maximum absolute atomic E-state index is 13.2. The summed E-state index contributed by atoms with van der Waals surface area (Å²) in [5.41, 5.74) is 7.05. The Morgan fingerprint density at radius 2 is 1.85 bits per heavy atom. The van der Waals surface area contributed by atoms with Gasteiger partial charge in [0.25, 0.3) is 0 Å². The zero-order valence-corrected chi connectivity index (χ0v) is 20.5. The molecule has 0 bridgehead atoms. The maximum Gasteiger partial charge on any atom is 0.223 e. The van der Waals surface area contributed by atoms with E-state index in [1.165, 1.54) is 44.9 Å². The zero-order valence-electron chi connectivity index (χ0n) is 20.5. The van der Waals surface area contributed by atoms with Crippen LogP contribution in [0, 0.1) is 17.8 Å². The zero-order chi connectivity index (χ0) is 22.6. The standard InChI is InChI=1S/C25H46N6O2/c1-31-23(29-30-24(31)17-9-12-26-13-10-17)16-27-19-6-4-5-18(15-19)25(32)28-21-11-14-33-22-8-3-2-7-20(21)22/h17-24,26-27,29-30H,2-16H2,1H3,(H,28,32)/t18?,19?,20?,21-,22?,23?,24?/m1/s1. The van der Waals surface area contributed by atoms with Crippen LogP contribution in [0.5, 0.6) is 0 Å². The third kappa shape index (κ3) is 5.73. The highest BCUT2D eigenvalue weighted by Crippen LogP contribution is 2.34. The fraction of sp³-hybridized carbons (Fsp3) is 0.960. The number of hydrogen-bond acceptors (Lipinski definition) is 7. The van der Waals surface area contributed by atoms with Crippen molar-refractivity contribution in [3.63, 3.8) is 0 Å². The van der Waals surface area contributed by atoms with Crippen molar-refractivity contribution in [1.29, 1.82) is 0 Å². The van der Waals surface area contributed by atoms with Crippen molar-refractivity contribution >= 4 is 5.91 Å². The van der Waals surface area contributed by atoms with E-state index in [9.17, 15) is 4.79 Å². The van der Waals surface area contributed by atoms with E-state index < -0.39 is 0 Å². The summed E-state index contributed by atoms with van der Waals surface area (Å²) in [7, 11) is 2.23. The molecule has 5 aliphatic rings. The van der Waals surface area contributed by atoms with E-state index in [0.717, 1.165) is 51.9 Å². The molecule has 0 radical (unpaired) electrons. The van der Waals surface area contributed by atoms with Crippen molar-refractivity contribution in [3.8, 4) is 0 Å². The SMILES string of the molecule is CN1C(CNC2CCCC(C(=O)N[C@@H]3CCOC4CCCCC43)C2)NNC1C1CCNCC1. The first-order chi connectivity index (χ1) is 16.2. The van der Waals surface area contributed by atoms with Gasteiger partial charge < -0.3 is 20.7 Å². The van der Waals surface area contributed by atoms with Crippen LogP contribution in [0.25, 0.3) is 0 Å². The second-order valence-electron chi connectivity index (χ2n) is 11.2. The fourth-order valence-electron chi connectivity index (χ4n) is 7.11. The minimum absolute atomic E-state index is 0.149. The molecule has 6 unspecified atom stereocenters. The molecule has 5 fully saturated rings. The number of rotatable bonds is 6. The number of hydrazine groups is 1. The molecule has 3 aliphatic heterocycles. The van der Waals surface area contributed by atoms with Crippen molar-refractivity contribution < 1.29 is 9.53 Å². The third-order valence-electron chi connectivity index (χ3n) is 9.16. The van der Waals surface area contributed by atoms with E-state index in [2.05, 4.69) is 38.7 Å². The second kappa shape index (κ2) is 11.3. The molecule has 1 amide bonds. The fourth-order valence-corrected chi connectivity index (χ4v) is 7.11. The van der Waals surface area contributed by atoms with Crippen LogP contribution in [0.15, 0.2) is 0 Å². The van der Waals surface area contributed by atoms with Crippen LogP contribution in [0.1, 0.15) is 70.6 Å². The molecule has 5 rings (SSSR count). The van der Waals surface area contributed by atoms with Crippen molar-refractivity contribution in [2.45, 2.75) is 101 Å². The lowest BCUT2D eigenvalue weighted by Gasteiger charge is -2.42. The average Bonchev–Trinajstić information content (AvgIpc) is 3.24. The number of hydrogen-bond donors (Lipinski definition) is 5. The van der Waals surface area contributed by atoms with Gasteiger partial charge in [0.15, 0.2) is 0 Å². The van der Waals surface area contributed by atoms with Crippen LogP contribution in [0.4, 0.5) is 0 Å². The highest BCUT2D eigenvalue weighted by molar-refractivity contribution is 5.79. The Morgan fingerprint density at radius 3 is 2.73 bits per heavy atom. The van der Waals surface area contributed by atoms with E-state index >= 15 is 0 Å². The largest absolute Gasteiger partial charge is 0.378 e. The Bertz CT molecular complexity index is 642. The van der Waals surface area contributed by atoms with Crippen LogP contribution in [-0.4, -0.2) is 74.6 Å². The molecule has 2 saturated carbocycles. The Morgan fingerprint density at radius 1 is 1.00 bits per heavy atom. The Kier molecular flexibility index (Phi) is 8.21. The molecule has 8 nitrogen and oxygen atoms in total. The van der Waals surface area contributed by atoms with Crippen molar-refractivity contribution in [2.75, 3.05) is 33.3 Å². The van der Waals surface area contributed by atoms with E-state index in [-0.39, 0.29) is 5.92 Å². The number of piperidine rings is 1. The molecular formula is C25H46N6O2. The minimum atomic E-state index is 0.149. The Labute approximate surface area is 199 Å². The smallest absolute Gasteiger partial charge is 0.223 e. The van der Waals surface area contributed by atoms with Gasteiger partial charge in [-0.1, -0.05) is 19.3 Å². The summed E-state index contributed by atoms with van der Waals surface area (Å²) in [4.78, 5) is 15.7. The minimum Gasteiger partial charge on any atom is -0.378 e. The van der Waals surface area contributed by atoms with Crippen LogP contribution in [-0.2, 0) is 9.53 Å². The summed E-state index contributed by atoms with van der Waals surface area (Å²) in [6, 6.07) is 0.749. The molecule has 33 heavy (non-hydrogen) atoms. The summed E-state index contributed by atoms with van der Waals surface area (Å²) in [5.74, 6) is 1.67. The molecule has 0 aromatic heterocycles. The predicted octanol–water partition coefficient (Wildman–Crippen LogP) is 1.29. The molecule has 7 atom stereocenters. The van der Waals surface area contributed by atoms with Gasteiger partial charge >= 0.3 is 0 Å². The molecule has 0 aromatic rings. The number of amides is 1. The van der Waals surface area contributed by atoms with Gasteiger partial charge in [0, 0.05) is 37.1 Å². The molecule has 8 heteroatoms. The first kappa shape index (κ1) is 23.9. The summed E-state index contributed by atoms with van der Waals surface area (Å²) in [6.07, 6.45) is 13.8. The quantitative estimate of drug-likeness (QED) is 0.406. The van der Waals surface area contributed by atoms with Gasteiger partial charge in [-0.2, -0.15) is 0 Å². The molecule has 0 spiro atoms. The molecule has 188 valence electrons. The predicted molar refractivity (Wildman–Crippen MR) is 129 cm³/mol. The summed E-state index contributed by atoms with van der Waals surface area (Å²) >= 11 is 0. The second-order valence-corrected chi connectivity index (χ2v) is 11.2. The van der Waals surface area contributed by atoms with Gasteiger partial charge in [0.2, 0.25) is 5.91 Å². The van der Waals surface area contributed by atoms with Crippen molar-refractivity contribution in [2.24, 2.45) is 17.8 Å². The first-order valence-corrected chi connectivity index (χ1v) is 13.8. The van der Waals surface area contributed by atoms with Crippen LogP contribution in [0.3, 0.4) is 0 Å². The summed E-state index contributed by atoms with van der Waals surface area (Å²) in [5, 5.41) is 10.7. The highest BCUT2D eigenvalue weighted by Gasteiger charge is 2.39. The summed E-state index contributed by atoms with van der Waals surface area (Å²) < 4.78 is 6.01.